The van der Waals surface area contributed by atoms with E-state index in [9.17, 15) is 4.79 Å². The van der Waals surface area contributed by atoms with Crippen LogP contribution in [0.5, 0.6) is 0 Å². The number of nitrogens with one attached hydrogen (secondary N) is 2. The molecule has 0 aliphatic heterocycles. The molecular weight excluding hydrogens is 288 g/mol. The van der Waals surface area contributed by atoms with Gasteiger partial charge in [-0.3, -0.25) is 4.79 Å². The second kappa shape index (κ2) is 9.77. The standard InChI is InChI=1S/C16H24N2O2.ClH/c1-17-9-3-6-16(19)18-15-5-2-4-14(10-15)12-20-11-13-7-8-13;/h2,4-5,10,13,17H,3,6-9,11-12H2,1H3,(H,18,19);1H. The Hall–Kier alpha value is -1.10. The minimum Gasteiger partial charge on any atom is -0.376 e. The molecule has 1 amide bonds. The highest BCUT2D eigenvalue weighted by Crippen LogP contribution is 2.29. The van der Waals surface area contributed by atoms with E-state index in [1.807, 2.05) is 31.3 Å². The van der Waals surface area contributed by atoms with Crippen LogP contribution in [0, 0.1) is 5.92 Å². The number of ether oxygens (including phenoxy) is 1. The lowest BCUT2D eigenvalue weighted by Crippen LogP contribution is -2.15. The molecule has 1 fully saturated rings. The van der Waals surface area contributed by atoms with E-state index in [1.165, 1.54) is 12.8 Å². The van der Waals surface area contributed by atoms with Crippen molar-refractivity contribution in [3.05, 3.63) is 29.8 Å². The molecule has 1 aromatic rings. The fraction of sp³-hybridized carbons (Fsp3) is 0.562. The lowest BCUT2D eigenvalue weighted by Gasteiger charge is -2.08. The van der Waals surface area contributed by atoms with Crippen molar-refractivity contribution in [1.82, 2.24) is 5.32 Å². The van der Waals surface area contributed by atoms with Crippen LogP contribution in [0.1, 0.15) is 31.2 Å². The van der Waals surface area contributed by atoms with Crippen molar-refractivity contribution in [2.75, 3.05) is 25.5 Å². The van der Waals surface area contributed by atoms with E-state index in [4.69, 9.17) is 4.74 Å². The highest BCUT2D eigenvalue weighted by molar-refractivity contribution is 5.90. The van der Waals surface area contributed by atoms with Gasteiger partial charge in [0.05, 0.1) is 6.61 Å². The van der Waals surface area contributed by atoms with E-state index < -0.39 is 0 Å². The van der Waals surface area contributed by atoms with Crippen molar-refractivity contribution < 1.29 is 9.53 Å². The van der Waals surface area contributed by atoms with Gasteiger partial charge in [0.15, 0.2) is 0 Å². The van der Waals surface area contributed by atoms with Crippen LogP contribution >= 0.6 is 12.4 Å². The van der Waals surface area contributed by atoms with Gasteiger partial charge in [-0.05, 0) is 56.5 Å². The molecule has 0 aromatic heterocycles. The zero-order valence-corrected chi connectivity index (χ0v) is 13.4. The first-order chi connectivity index (χ1) is 9.78. The smallest absolute Gasteiger partial charge is 0.224 e. The van der Waals surface area contributed by atoms with Crippen molar-refractivity contribution in [3.8, 4) is 0 Å². The number of hydrogen-bond acceptors (Lipinski definition) is 3. The Bertz CT molecular complexity index is 436. The average molecular weight is 313 g/mol. The molecule has 118 valence electrons. The van der Waals surface area contributed by atoms with E-state index in [-0.39, 0.29) is 18.3 Å². The number of anilines is 1. The fourth-order valence-electron chi connectivity index (χ4n) is 2.02. The molecule has 0 heterocycles. The summed E-state index contributed by atoms with van der Waals surface area (Å²) in [7, 11) is 1.89. The van der Waals surface area contributed by atoms with E-state index in [0.29, 0.717) is 13.0 Å². The second-order valence-corrected chi connectivity index (χ2v) is 5.41. The van der Waals surface area contributed by atoms with Gasteiger partial charge in [0, 0.05) is 18.7 Å². The van der Waals surface area contributed by atoms with Gasteiger partial charge < -0.3 is 15.4 Å². The van der Waals surface area contributed by atoms with Crippen LogP contribution in [0.4, 0.5) is 5.69 Å². The van der Waals surface area contributed by atoms with Gasteiger partial charge in [0.1, 0.15) is 0 Å². The molecule has 0 atom stereocenters. The van der Waals surface area contributed by atoms with E-state index >= 15 is 0 Å². The Labute approximate surface area is 133 Å². The fourth-order valence-corrected chi connectivity index (χ4v) is 2.02. The first-order valence-electron chi connectivity index (χ1n) is 7.39. The predicted molar refractivity (Wildman–Crippen MR) is 87.9 cm³/mol. The zero-order valence-electron chi connectivity index (χ0n) is 12.6. The van der Waals surface area contributed by atoms with Crippen LogP contribution in [-0.2, 0) is 16.1 Å². The monoisotopic (exact) mass is 312 g/mol. The van der Waals surface area contributed by atoms with Gasteiger partial charge in [0.2, 0.25) is 5.91 Å². The lowest BCUT2D eigenvalue weighted by atomic mass is 10.2. The molecule has 0 radical (unpaired) electrons. The van der Waals surface area contributed by atoms with E-state index in [1.54, 1.807) is 0 Å². The minimum atomic E-state index is 0. The van der Waals surface area contributed by atoms with Crippen LogP contribution < -0.4 is 10.6 Å². The Kier molecular flexibility index (Phi) is 8.35. The van der Waals surface area contributed by atoms with Gasteiger partial charge in [-0.2, -0.15) is 0 Å². The average Bonchev–Trinajstić information content (AvgIpc) is 3.24. The quantitative estimate of drug-likeness (QED) is 0.689. The second-order valence-electron chi connectivity index (χ2n) is 5.41. The number of amides is 1. The summed E-state index contributed by atoms with van der Waals surface area (Å²) in [6.07, 6.45) is 4.02. The summed E-state index contributed by atoms with van der Waals surface area (Å²) in [6, 6.07) is 7.89. The molecule has 0 bridgehead atoms. The molecule has 1 aromatic carbocycles. The third-order valence-corrected chi connectivity index (χ3v) is 3.36. The van der Waals surface area contributed by atoms with E-state index in [0.717, 1.165) is 36.7 Å². The van der Waals surface area contributed by atoms with Gasteiger partial charge in [0.25, 0.3) is 0 Å². The molecular formula is C16H25ClN2O2. The highest BCUT2D eigenvalue weighted by Gasteiger charge is 2.20. The van der Waals surface area contributed by atoms with Crippen molar-refractivity contribution in [2.24, 2.45) is 5.92 Å². The van der Waals surface area contributed by atoms with Crippen LogP contribution in [0.15, 0.2) is 24.3 Å². The molecule has 2 N–H and O–H groups in total. The highest BCUT2D eigenvalue weighted by atomic mass is 35.5. The number of rotatable bonds is 9. The summed E-state index contributed by atoms with van der Waals surface area (Å²) in [4.78, 5) is 11.7. The van der Waals surface area contributed by atoms with Crippen molar-refractivity contribution in [3.63, 3.8) is 0 Å². The minimum absolute atomic E-state index is 0. The molecule has 1 aliphatic rings. The molecule has 4 nitrogen and oxygen atoms in total. The summed E-state index contributed by atoms with van der Waals surface area (Å²) in [5.41, 5.74) is 1.96. The SMILES string of the molecule is CNCCCC(=O)Nc1cccc(COCC2CC2)c1.Cl. The topological polar surface area (TPSA) is 50.4 Å². The number of hydrogen-bond donors (Lipinski definition) is 2. The van der Waals surface area contributed by atoms with Crippen LogP contribution in [0.3, 0.4) is 0 Å². The lowest BCUT2D eigenvalue weighted by molar-refractivity contribution is -0.116. The summed E-state index contributed by atoms with van der Waals surface area (Å²) in [6.45, 7) is 2.35. The first kappa shape index (κ1) is 18.0. The molecule has 0 unspecified atom stereocenters. The maximum absolute atomic E-state index is 11.7. The molecule has 0 spiro atoms. The van der Waals surface area contributed by atoms with Crippen LogP contribution in [-0.4, -0.2) is 26.1 Å². The summed E-state index contributed by atoms with van der Waals surface area (Å²) in [5.74, 6) is 0.848. The number of carbonyl (C=O) groups excluding carboxylic acids is 1. The number of carbonyl (C=O) groups is 1. The largest absolute Gasteiger partial charge is 0.376 e. The third kappa shape index (κ3) is 7.46. The summed E-state index contributed by atoms with van der Waals surface area (Å²) >= 11 is 0. The molecule has 1 aliphatic carbocycles. The summed E-state index contributed by atoms with van der Waals surface area (Å²) in [5, 5.41) is 5.97. The van der Waals surface area contributed by atoms with Crippen molar-refractivity contribution >= 4 is 24.0 Å². The number of halogens is 1. The van der Waals surface area contributed by atoms with Gasteiger partial charge >= 0.3 is 0 Å². The molecule has 1 saturated carbocycles. The Morgan fingerprint density at radius 1 is 1.38 bits per heavy atom. The first-order valence-corrected chi connectivity index (χ1v) is 7.39. The van der Waals surface area contributed by atoms with Gasteiger partial charge in [-0.1, -0.05) is 12.1 Å². The Morgan fingerprint density at radius 3 is 2.90 bits per heavy atom. The third-order valence-electron chi connectivity index (χ3n) is 3.36. The van der Waals surface area contributed by atoms with E-state index in [2.05, 4.69) is 10.6 Å². The Morgan fingerprint density at radius 2 is 2.19 bits per heavy atom. The van der Waals surface area contributed by atoms with Crippen LogP contribution in [0.2, 0.25) is 0 Å². The van der Waals surface area contributed by atoms with Crippen molar-refractivity contribution in [1.29, 1.82) is 0 Å². The molecule has 0 saturated heterocycles. The summed E-state index contributed by atoms with van der Waals surface area (Å²) < 4.78 is 5.66. The maximum Gasteiger partial charge on any atom is 0.224 e. The number of benzene rings is 1. The van der Waals surface area contributed by atoms with Crippen LogP contribution in [0.25, 0.3) is 0 Å². The molecule has 2 rings (SSSR count). The molecule has 5 heteroatoms. The maximum atomic E-state index is 11.7. The molecule has 21 heavy (non-hydrogen) atoms. The zero-order chi connectivity index (χ0) is 14.2. The van der Waals surface area contributed by atoms with Gasteiger partial charge in [-0.25, -0.2) is 0 Å². The normalized spacial score (nSPS) is 13.6. The predicted octanol–water partition coefficient (Wildman–Crippen LogP) is 2.97. The van der Waals surface area contributed by atoms with Gasteiger partial charge in [-0.15, -0.1) is 12.4 Å². The Balaban J connectivity index is 0.00000220. The van der Waals surface area contributed by atoms with Crippen molar-refractivity contribution in [2.45, 2.75) is 32.3 Å².